The van der Waals surface area contributed by atoms with E-state index in [-0.39, 0.29) is 19.0 Å². The van der Waals surface area contributed by atoms with Gasteiger partial charge in [0.2, 0.25) is 0 Å². The zero-order chi connectivity index (χ0) is 16.9. The van der Waals surface area contributed by atoms with Gasteiger partial charge in [-0.1, -0.05) is 0 Å². The van der Waals surface area contributed by atoms with Crippen LogP contribution in [0.15, 0.2) is 46.4 Å². The van der Waals surface area contributed by atoms with Crippen LogP contribution in [-0.4, -0.2) is 11.0 Å². The molecule has 0 spiro atoms. The Balaban J connectivity index is 1.51. The van der Waals surface area contributed by atoms with Gasteiger partial charge in [0.05, 0.1) is 12.0 Å². The van der Waals surface area contributed by atoms with Crippen LogP contribution in [0.3, 0.4) is 0 Å². The van der Waals surface area contributed by atoms with Gasteiger partial charge >= 0.3 is 5.97 Å². The molecule has 24 heavy (non-hydrogen) atoms. The Morgan fingerprint density at radius 3 is 2.75 bits per heavy atom. The summed E-state index contributed by atoms with van der Waals surface area (Å²) in [7, 11) is 0. The van der Waals surface area contributed by atoms with Gasteiger partial charge in [-0.15, -0.1) is 11.3 Å². The van der Waals surface area contributed by atoms with Gasteiger partial charge in [0.1, 0.15) is 41.1 Å². The van der Waals surface area contributed by atoms with E-state index in [9.17, 15) is 9.18 Å². The van der Waals surface area contributed by atoms with Crippen molar-refractivity contribution in [2.24, 2.45) is 0 Å². The molecule has 5 nitrogen and oxygen atoms in total. The maximum absolute atomic E-state index is 12.8. The van der Waals surface area contributed by atoms with Gasteiger partial charge in [0.25, 0.3) is 0 Å². The summed E-state index contributed by atoms with van der Waals surface area (Å²) in [6.45, 7) is 2.05. The Labute approximate surface area is 141 Å². The molecule has 0 radical (unpaired) electrons. The SMILES string of the molecule is Cc1occc1C(=O)OCc1csc(COc2ccc(F)cc2)n1. The molecule has 0 aliphatic rings. The van der Waals surface area contributed by atoms with E-state index in [0.717, 1.165) is 5.01 Å². The average Bonchev–Trinajstić information content (AvgIpc) is 3.21. The van der Waals surface area contributed by atoms with Crippen LogP contribution in [0.5, 0.6) is 5.75 Å². The Morgan fingerprint density at radius 2 is 2.04 bits per heavy atom. The van der Waals surface area contributed by atoms with Crippen molar-refractivity contribution in [3.63, 3.8) is 0 Å². The standard InChI is InChI=1S/C17H14FNO4S/c1-11-15(6-7-21-11)17(20)23-8-13-10-24-16(19-13)9-22-14-4-2-12(18)3-5-14/h2-7,10H,8-9H2,1H3. The van der Waals surface area contributed by atoms with Gasteiger partial charge in [-0.2, -0.15) is 0 Å². The third kappa shape index (κ3) is 3.99. The molecule has 2 heterocycles. The smallest absolute Gasteiger partial charge is 0.342 e. The fourth-order valence-electron chi connectivity index (χ4n) is 1.97. The van der Waals surface area contributed by atoms with Crippen molar-refractivity contribution in [3.05, 3.63) is 69.8 Å². The van der Waals surface area contributed by atoms with Crippen molar-refractivity contribution in [3.8, 4) is 5.75 Å². The van der Waals surface area contributed by atoms with Crippen molar-refractivity contribution in [1.82, 2.24) is 4.98 Å². The van der Waals surface area contributed by atoms with E-state index in [4.69, 9.17) is 13.9 Å². The van der Waals surface area contributed by atoms with E-state index in [2.05, 4.69) is 4.98 Å². The molecule has 0 N–H and O–H groups in total. The van der Waals surface area contributed by atoms with Crippen molar-refractivity contribution >= 4 is 17.3 Å². The van der Waals surface area contributed by atoms with Gasteiger partial charge in [0, 0.05) is 5.38 Å². The van der Waals surface area contributed by atoms with Crippen LogP contribution in [0.1, 0.15) is 26.8 Å². The fourth-order valence-corrected chi connectivity index (χ4v) is 2.66. The highest BCUT2D eigenvalue weighted by molar-refractivity contribution is 7.09. The van der Waals surface area contributed by atoms with Gasteiger partial charge in [-0.3, -0.25) is 0 Å². The molecule has 1 aromatic carbocycles. The minimum Gasteiger partial charge on any atom is -0.486 e. The summed E-state index contributed by atoms with van der Waals surface area (Å²) in [6.07, 6.45) is 1.44. The van der Waals surface area contributed by atoms with Gasteiger partial charge in [-0.05, 0) is 37.3 Å². The van der Waals surface area contributed by atoms with E-state index < -0.39 is 5.97 Å². The number of aromatic nitrogens is 1. The lowest BCUT2D eigenvalue weighted by molar-refractivity contribution is 0.0466. The number of hydrogen-bond donors (Lipinski definition) is 0. The molecule has 0 saturated carbocycles. The molecule has 2 aromatic heterocycles. The molecule has 0 aliphatic carbocycles. The minimum atomic E-state index is -0.446. The molecular weight excluding hydrogens is 333 g/mol. The van der Waals surface area contributed by atoms with Crippen molar-refractivity contribution < 1.29 is 23.1 Å². The number of carbonyl (C=O) groups excluding carboxylic acids is 1. The maximum atomic E-state index is 12.8. The zero-order valence-corrected chi connectivity index (χ0v) is 13.6. The molecule has 0 fully saturated rings. The van der Waals surface area contributed by atoms with Crippen molar-refractivity contribution in [2.45, 2.75) is 20.1 Å². The second kappa shape index (κ2) is 7.27. The Hall–Kier alpha value is -2.67. The largest absolute Gasteiger partial charge is 0.486 e. The molecule has 0 bridgehead atoms. The van der Waals surface area contributed by atoms with E-state index in [0.29, 0.717) is 22.8 Å². The fraction of sp³-hybridized carbons (Fsp3) is 0.176. The second-order valence-electron chi connectivity index (χ2n) is 4.94. The Kier molecular flexibility index (Phi) is 4.90. The van der Waals surface area contributed by atoms with Crippen LogP contribution in [0.2, 0.25) is 0 Å². The number of aryl methyl sites for hydroxylation is 1. The van der Waals surface area contributed by atoms with E-state index in [1.807, 2.05) is 0 Å². The van der Waals surface area contributed by atoms with Gasteiger partial charge in [-0.25, -0.2) is 14.2 Å². The lowest BCUT2D eigenvalue weighted by atomic mass is 10.3. The molecule has 0 unspecified atom stereocenters. The van der Waals surface area contributed by atoms with Crippen LogP contribution in [0.4, 0.5) is 4.39 Å². The Morgan fingerprint density at radius 1 is 1.25 bits per heavy atom. The summed E-state index contributed by atoms with van der Waals surface area (Å²) < 4.78 is 28.6. The van der Waals surface area contributed by atoms with Crippen LogP contribution in [0, 0.1) is 12.7 Å². The number of esters is 1. The second-order valence-corrected chi connectivity index (χ2v) is 5.88. The molecule has 3 rings (SSSR count). The number of furan rings is 1. The highest BCUT2D eigenvalue weighted by Crippen LogP contribution is 2.17. The summed E-state index contributed by atoms with van der Waals surface area (Å²) in [5.41, 5.74) is 1.05. The monoisotopic (exact) mass is 347 g/mol. The molecule has 0 atom stereocenters. The van der Waals surface area contributed by atoms with Crippen molar-refractivity contribution in [2.75, 3.05) is 0 Å². The predicted molar refractivity (Wildman–Crippen MR) is 85.4 cm³/mol. The molecule has 0 saturated heterocycles. The van der Waals surface area contributed by atoms with E-state index >= 15 is 0 Å². The first-order chi connectivity index (χ1) is 11.6. The lowest BCUT2D eigenvalue weighted by Crippen LogP contribution is -2.05. The van der Waals surface area contributed by atoms with Crippen molar-refractivity contribution in [1.29, 1.82) is 0 Å². The highest BCUT2D eigenvalue weighted by atomic mass is 32.1. The van der Waals surface area contributed by atoms with E-state index in [1.54, 1.807) is 30.5 Å². The Bertz CT molecular complexity index is 825. The summed E-state index contributed by atoms with van der Waals surface area (Å²) in [6, 6.07) is 7.35. The summed E-state index contributed by atoms with van der Waals surface area (Å²) >= 11 is 1.40. The summed E-state index contributed by atoms with van der Waals surface area (Å²) in [4.78, 5) is 16.2. The molecule has 3 aromatic rings. The molecule has 0 amide bonds. The number of hydrogen-bond acceptors (Lipinski definition) is 6. The molecule has 0 aliphatic heterocycles. The zero-order valence-electron chi connectivity index (χ0n) is 12.8. The number of benzene rings is 1. The number of carbonyl (C=O) groups is 1. The topological polar surface area (TPSA) is 61.6 Å². The minimum absolute atomic E-state index is 0.0799. The predicted octanol–water partition coefficient (Wildman–Crippen LogP) is 4.12. The third-order valence-electron chi connectivity index (χ3n) is 3.21. The number of halogens is 1. The highest BCUT2D eigenvalue weighted by Gasteiger charge is 2.13. The summed E-state index contributed by atoms with van der Waals surface area (Å²) in [5, 5.41) is 2.55. The third-order valence-corrected chi connectivity index (χ3v) is 4.08. The quantitative estimate of drug-likeness (QED) is 0.628. The van der Waals surface area contributed by atoms with Crippen LogP contribution in [-0.2, 0) is 18.0 Å². The first-order valence-corrected chi connectivity index (χ1v) is 8.02. The van der Waals surface area contributed by atoms with Crippen LogP contribution < -0.4 is 4.74 Å². The maximum Gasteiger partial charge on any atom is 0.342 e. The molecule has 7 heteroatoms. The summed E-state index contributed by atoms with van der Waals surface area (Å²) in [5.74, 6) is 0.327. The number of ether oxygens (including phenoxy) is 2. The number of nitrogens with zero attached hydrogens (tertiary/aromatic N) is 1. The average molecular weight is 347 g/mol. The number of thiazole rings is 1. The van der Waals surface area contributed by atoms with Crippen LogP contribution in [0.25, 0.3) is 0 Å². The van der Waals surface area contributed by atoms with Crippen LogP contribution >= 0.6 is 11.3 Å². The molecule has 124 valence electrons. The lowest BCUT2D eigenvalue weighted by Gasteiger charge is -2.03. The van der Waals surface area contributed by atoms with E-state index in [1.165, 1.54) is 29.7 Å². The van der Waals surface area contributed by atoms with Gasteiger partial charge < -0.3 is 13.9 Å². The number of rotatable bonds is 6. The first kappa shape index (κ1) is 16.2. The van der Waals surface area contributed by atoms with Gasteiger partial charge in [0.15, 0.2) is 0 Å². The first-order valence-electron chi connectivity index (χ1n) is 7.14. The normalized spacial score (nSPS) is 10.6. The molecular formula is C17H14FNO4S.